The van der Waals surface area contributed by atoms with Crippen LogP contribution in [-0.4, -0.2) is 29.1 Å². The molecule has 0 aliphatic heterocycles. The molecule has 0 bridgehead atoms. The fourth-order valence-electron chi connectivity index (χ4n) is 5.15. The van der Waals surface area contributed by atoms with Crippen LogP contribution in [0.25, 0.3) is 0 Å². The van der Waals surface area contributed by atoms with E-state index in [2.05, 4.69) is 13.8 Å². The summed E-state index contributed by atoms with van der Waals surface area (Å²) < 4.78 is 26.7. The molecule has 0 radical (unpaired) electrons. The lowest BCUT2D eigenvalue weighted by Crippen LogP contribution is -2.34. The van der Waals surface area contributed by atoms with Gasteiger partial charge in [0.05, 0.1) is 11.7 Å². The molecule has 1 aromatic rings. The molecule has 2 rings (SSSR count). The van der Waals surface area contributed by atoms with Crippen molar-refractivity contribution < 1.29 is 33.4 Å². The molecule has 0 saturated heterocycles. The van der Waals surface area contributed by atoms with Crippen LogP contribution in [0.15, 0.2) is 48.3 Å². The molecule has 0 spiro atoms. The Bertz CT molecular complexity index is 1030. The summed E-state index contributed by atoms with van der Waals surface area (Å²) in [6.07, 6.45) is 18.2. The second-order valence-corrected chi connectivity index (χ2v) is 11.2. The van der Waals surface area contributed by atoms with Gasteiger partial charge in [-0.05, 0) is 38.3 Å². The lowest BCUT2D eigenvalue weighted by molar-refractivity contribution is -0.152. The number of halogens is 1. The highest BCUT2D eigenvalue weighted by Gasteiger charge is 2.41. The molecule has 1 N–H and O–H groups in total. The van der Waals surface area contributed by atoms with E-state index in [1.54, 1.807) is 24.3 Å². The van der Waals surface area contributed by atoms with Crippen molar-refractivity contribution in [3.63, 3.8) is 0 Å². The van der Waals surface area contributed by atoms with Gasteiger partial charge in [0.25, 0.3) is 0 Å². The summed E-state index contributed by atoms with van der Waals surface area (Å²) in [4.78, 5) is 37.8. The lowest BCUT2D eigenvalue weighted by atomic mass is 9.83. The van der Waals surface area contributed by atoms with Gasteiger partial charge in [-0.15, -0.1) is 0 Å². The molecule has 1 aromatic carbocycles. The van der Waals surface area contributed by atoms with Gasteiger partial charge >= 0.3 is 17.9 Å². The standard InChI is InChI=1S/C34H49FO6/c1-4-6-8-10-11-12-13-14-16-22-31(36)41-34(24-23-28(32(37)38)30(35)25-34)29-21-18-17-20-27(29)33(39)40-26(3)19-15-9-7-5-2/h17-18,20-21,23-26,28H,4-16,19,22H2,1-3H3,(H,37,38). The third-order valence-electron chi connectivity index (χ3n) is 7.56. The minimum Gasteiger partial charge on any atom is -0.480 e. The van der Waals surface area contributed by atoms with Gasteiger partial charge in [0, 0.05) is 18.1 Å². The molecule has 0 amide bonds. The van der Waals surface area contributed by atoms with E-state index in [1.165, 1.54) is 44.3 Å². The van der Waals surface area contributed by atoms with Crippen LogP contribution in [0.2, 0.25) is 0 Å². The van der Waals surface area contributed by atoms with Crippen LogP contribution < -0.4 is 0 Å². The maximum atomic E-state index is 15.1. The highest BCUT2D eigenvalue weighted by molar-refractivity contribution is 5.92. The smallest absolute Gasteiger partial charge is 0.338 e. The third-order valence-corrected chi connectivity index (χ3v) is 7.56. The highest BCUT2D eigenvalue weighted by atomic mass is 19.1. The summed E-state index contributed by atoms with van der Waals surface area (Å²) in [6, 6.07) is 6.47. The van der Waals surface area contributed by atoms with E-state index in [1.807, 2.05) is 6.92 Å². The van der Waals surface area contributed by atoms with Gasteiger partial charge in [0.15, 0.2) is 5.60 Å². The van der Waals surface area contributed by atoms with Gasteiger partial charge in [-0.3, -0.25) is 9.59 Å². The van der Waals surface area contributed by atoms with Crippen LogP contribution in [0.4, 0.5) is 4.39 Å². The van der Waals surface area contributed by atoms with Gasteiger partial charge in [-0.1, -0.05) is 109 Å². The first-order valence-corrected chi connectivity index (χ1v) is 15.6. The van der Waals surface area contributed by atoms with E-state index in [9.17, 15) is 19.5 Å². The van der Waals surface area contributed by atoms with Crippen molar-refractivity contribution in [2.75, 3.05) is 0 Å². The summed E-state index contributed by atoms with van der Waals surface area (Å²) in [5.74, 6) is -4.93. The molecule has 1 aliphatic rings. The van der Waals surface area contributed by atoms with Crippen molar-refractivity contribution in [1.29, 1.82) is 0 Å². The number of ether oxygens (including phenoxy) is 2. The zero-order valence-electron chi connectivity index (χ0n) is 25.2. The van der Waals surface area contributed by atoms with E-state index in [0.717, 1.165) is 57.4 Å². The summed E-state index contributed by atoms with van der Waals surface area (Å²) in [6.45, 7) is 6.17. The van der Waals surface area contributed by atoms with E-state index >= 15 is 4.39 Å². The van der Waals surface area contributed by atoms with Crippen LogP contribution in [0.3, 0.4) is 0 Å². The number of hydrogen-bond acceptors (Lipinski definition) is 5. The zero-order chi connectivity index (χ0) is 30.1. The first kappa shape index (κ1) is 34.2. The number of esters is 2. The zero-order valence-corrected chi connectivity index (χ0v) is 25.2. The summed E-state index contributed by atoms with van der Waals surface area (Å²) in [5.41, 5.74) is -1.38. The van der Waals surface area contributed by atoms with Crippen molar-refractivity contribution in [1.82, 2.24) is 0 Å². The number of unbranched alkanes of at least 4 members (excludes halogenated alkanes) is 11. The number of carboxylic acids is 1. The number of carbonyl (C=O) groups excluding carboxylic acids is 2. The van der Waals surface area contributed by atoms with Gasteiger partial charge in [-0.2, -0.15) is 0 Å². The number of carboxylic acid groups (broad SMARTS) is 1. The van der Waals surface area contributed by atoms with Gasteiger partial charge in [0.1, 0.15) is 11.7 Å². The predicted octanol–water partition coefficient (Wildman–Crippen LogP) is 8.99. The maximum absolute atomic E-state index is 15.1. The first-order valence-electron chi connectivity index (χ1n) is 15.6. The Morgan fingerprint density at radius 2 is 1.49 bits per heavy atom. The molecule has 1 aliphatic carbocycles. The highest BCUT2D eigenvalue weighted by Crippen LogP contribution is 2.39. The van der Waals surface area contributed by atoms with Crippen LogP contribution in [0, 0.1) is 5.92 Å². The fourth-order valence-corrected chi connectivity index (χ4v) is 5.15. The van der Waals surface area contributed by atoms with E-state index in [4.69, 9.17) is 9.47 Å². The first-order chi connectivity index (χ1) is 19.7. The summed E-state index contributed by atoms with van der Waals surface area (Å²) in [5, 5.41) is 9.41. The second kappa shape index (κ2) is 18.5. The van der Waals surface area contributed by atoms with Crippen molar-refractivity contribution >= 4 is 17.9 Å². The number of aliphatic carboxylic acids is 1. The molecule has 3 unspecified atom stereocenters. The summed E-state index contributed by atoms with van der Waals surface area (Å²) in [7, 11) is 0. The molecule has 228 valence electrons. The third kappa shape index (κ3) is 11.4. The lowest BCUT2D eigenvalue weighted by Gasteiger charge is -2.32. The predicted molar refractivity (Wildman–Crippen MR) is 159 cm³/mol. The van der Waals surface area contributed by atoms with E-state index in [-0.39, 0.29) is 23.7 Å². The minimum atomic E-state index is -1.76. The molecule has 3 atom stereocenters. The molecule has 7 heteroatoms. The van der Waals surface area contributed by atoms with E-state index in [0.29, 0.717) is 6.42 Å². The molecule has 0 fully saturated rings. The maximum Gasteiger partial charge on any atom is 0.338 e. The quantitative estimate of drug-likeness (QED) is 0.0953. The van der Waals surface area contributed by atoms with Crippen molar-refractivity contribution in [2.45, 2.75) is 129 Å². The molecule has 41 heavy (non-hydrogen) atoms. The SMILES string of the molecule is CCCCCCCCCCCC(=O)OC1(c2ccccc2C(=O)OC(C)CCCCCC)C=CC(C(=O)O)C(F)=C1. The number of benzene rings is 1. The van der Waals surface area contributed by atoms with Crippen molar-refractivity contribution in [2.24, 2.45) is 5.92 Å². The minimum absolute atomic E-state index is 0.144. The fraction of sp³-hybridized carbons (Fsp3) is 0.618. The Balaban J connectivity index is 2.15. The topological polar surface area (TPSA) is 89.9 Å². The van der Waals surface area contributed by atoms with Crippen LogP contribution in [-0.2, 0) is 24.7 Å². The average Bonchev–Trinajstić information content (AvgIpc) is 2.94. The number of carbonyl (C=O) groups is 3. The Hall–Kier alpha value is -2.96. The average molecular weight is 573 g/mol. The molecule has 0 saturated carbocycles. The Morgan fingerprint density at radius 1 is 0.902 bits per heavy atom. The van der Waals surface area contributed by atoms with Crippen LogP contribution in [0.5, 0.6) is 0 Å². The van der Waals surface area contributed by atoms with Crippen molar-refractivity contribution in [3.8, 4) is 0 Å². The van der Waals surface area contributed by atoms with Crippen LogP contribution in [0.1, 0.15) is 133 Å². The number of hydrogen-bond donors (Lipinski definition) is 1. The number of rotatable bonds is 20. The molecule has 0 aromatic heterocycles. The van der Waals surface area contributed by atoms with Gasteiger partial charge in [0.2, 0.25) is 0 Å². The Kier molecular flexibility index (Phi) is 15.4. The summed E-state index contributed by atoms with van der Waals surface area (Å²) >= 11 is 0. The monoisotopic (exact) mass is 572 g/mol. The molecular formula is C34H49FO6. The Labute approximate surface area is 245 Å². The second-order valence-electron chi connectivity index (χ2n) is 11.2. The van der Waals surface area contributed by atoms with Gasteiger partial charge < -0.3 is 14.6 Å². The van der Waals surface area contributed by atoms with Crippen LogP contribution >= 0.6 is 0 Å². The molecular weight excluding hydrogens is 523 g/mol. The molecule has 6 nitrogen and oxygen atoms in total. The normalized spacial score (nSPS) is 18.9. The van der Waals surface area contributed by atoms with Gasteiger partial charge in [-0.25, -0.2) is 9.18 Å². The molecule has 0 heterocycles. The van der Waals surface area contributed by atoms with E-state index < -0.39 is 35.3 Å². The Morgan fingerprint density at radius 3 is 2.10 bits per heavy atom. The largest absolute Gasteiger partial charge is 0.480 e. The van der Waals surface area contributed by atoms with Crippen molar-refractivity contribution in [3.05, 3.63) is 59.4 Å².